The lowest BCUT2D eigenvalue weighted by molar-refractivity contribution is 1.34. The number of allylic oxidation sites excluding steroid dienone is 2. The van der Waals surface area contributed by atoms with Crippen molar-refractivity contribution < 1.29 is 0 Å². The molecule has 0 amide bonds. The Morgan fingerprint density at radius 2 is 1.14 bits per heavy atom. The highest BCUT2D eigenvalue weighted by molar-refractivity contribution is 5.23. The molecule has 0 aliphatic heterocycles. The van der Waals surface area contributed by atoms with E-state index in [0.29, 0.717) is 0 Å². The minimum Gasteiger partial charge on any atom is -0.333 e. The van der Waals surface area contributed by atoms with E-state index in [9.17, 15) is 0 Å². The van der Waals surface area contributed by atoms with E-state index in [1.54, 1.807) is 0 Å². The van der Waals surface area contributed by atoms with Gasteiger partial charge in [0.05, 0.1) is 0 Å². The standard InChI is InChI=1S/C8H10.C4H8.CH5N/c1-7-5-3-4-6-8(7)2;1-3-4-2;1-2/h3-6H,1-2H3;3-4H,1-2H3;2H2,1H3/b;4-3-;. The Morgan fingerprint density at radius 3 is 1.29 bits per heavy atom. The first-order valence-electron chi connectivity index (χ1n) is 4.89. The highest BCUT2D eigenvalue weighted by Gasteiger charge is 1.83. The Hall–Kier alpha value is -1.08. The number of hydrogen-bond acceptors (Lipinski definition) is 1. The van der Waals surface area contributed by atoms with Gasteiger partial charge < -0.3 is 5.73 Å². The molecule has 1 aromatic rings. The van der Waals surface area contributed by atoms with E-state index in [1.807, 2.05) is 26.0 Å². The van der Waals surface area contributed by atoms with E-state index in [4.69, 9.17) is 0 Å². The molecule has 0 radical (unpaired) electrons. The number of nitrogens with two attached hydrogens (primary N) is 1. The van der Waals surface area contributed by atoms with Crippen LogP contribution in [-0.2, 0) is 0 Å². The quantitative estimate of drug-likeness (QED) is 0.627. The molecule has 0 atom stereocenters. The summed E-state index contributed by atoms with van der Waals surface area (Å²) in [6, 6.07) is 8.36. The number of benzene rings is 1. The lowest BCUT2D eigenvalue weighted by Crippen LogP contribution is -1.74. The minimum atomic E-state index is 1.37. The molecule has 80 valence electrons. The van der Waals surface area contributed by atoms with Crippen molar-refractivity contribution in [2.45, 2.75) is 27.7 Å². The Labute approximate surface area is 88.6 Å². The normalized spacial score (nSPS) is 8.43. The third kappa shape index (κ3) is 9.01. The number of hydrogen-bond donors (Lipinski definition) is 1. The molecule has 1 nitrogen and oxygen atoms in total. The molecular weight excluding hydrogens is 170 g/mol. The summed E-state index contributed by atoms with van der Waals surface area (Å²) in [7, 11) is 1.50. The predicted octanol–water partition coefficient (Wildman–Crippen LogP) is 3.46. The zero-order valence-corrected chi connectivity index (χ0v) is 10.0. The predicted molar refractivity (Wildman–Crippen MR) is 66.5 cm³/mol. The van der Waals surface area contributed by atoms with Crippen molar-refractivity contribution in [3.63, 3.8) is 0 Å². The molecule has 0 fully saturated rings. The monoisotopic (exact) mass is 193 g/mol. The molecule has 0 aromatic heterocycles. The van der Waals surface area contributed by atoms with Crippen LogP contribution in [0.25, 0.3) is 0 Å². The molecule has 1 rings (SSSR count). The highest BCUT2D eigenvalue weighted by Crippen LogP contribution is 2.02. The topological polar surface area (TPSA) is 26.0 Å². The van der Waals surface area contributed by atoms with Crippen LogP contribution < -0.4 is 5.73 Å². The molecule has 14 heavy (non-hydrogen) atoms. The smallest absolute Gasteiger partial charge is 0.0195 e. The average molecular weight is 193 g/mol. The van der Waals surface area contributed by atoms with Crippen molar-refractivity contribution in [2.24, 2.45) is 5.73 Å². The van der Waals surface area contributed by atoms with Gasteiger partial charge in [-0.05, 0) is 45.9 Å². The maximum atomic E-state index is 4.50. The molecule has 0 bridgehead atoms. The van der Waals surface area contributed by atoms with Gasteiger partial charge in [0, 0.05) is 0 Å². The first-order chi connectivity index (χ1) is 6.72. The van der Waals surface area contributed by atoms with Gasteiger partial charge in [-0.2, -0.15) is 0 Å². The van der Waals surface area contributed by atoms with Crippen LogP contribution in [0.3, 0.4) is 0 Å². The summed E-state index contributed by atoms with van der Waals surface area (Å²) >= 11 is 0. The Morgan fingerprint density at radius 1 is 0.857 bits per heavy atom. The Kier molecular flexibility index (Phi) is 13.1. The van der Waals surface area contributed by atoms with E-state index in [2.05, 4.69) is 43.8 Å². The largest absolute Gasteiger partial charge is 0.333 e. The molecule has 0 heterocycles. The maximum absolute atomic E-state index is 4.50. The van der Waals surface area contributed by atoms with Gasteiger partial charge in [-0.25, -0.2) is 0 Å². The average Bonchev–Trinajstić information content (AvgIpc) is 2.26. The van der Waals surface area contributed by atoms with E-state index in [-0.39, 0.29) is 0 Å². The van der Waals surface area contributed by atoms with Crippen LogP contribution in [0.5, 0.6) is 0 Å². The van der Waals surface area contributed by atoms with Gasteiger partial charge in [-0.15, -0.1) is 0 Å². The Bertz CT molecular complexity index is 214. The van der Waals surface area contributed by atoms with Crippen molar-refractivity contribution in [1.82, 2.24) is 0 Å². The van der Waals surface area contributed by atoms with Gasteiger partial charge in [0.1, 0.15) is 0 Å². The van der Waals surface area contributed by atoms with Gasteiger partial charge in [-0.1, -0.05) is 36.4 Å². The third-order valence-corrected chi connectivity index (χ3v) is 1.76. The van der Waals surface area contributed by atoms with Gasteiger partial charge in [0.25, 0.3) is 0 Å². The molecule has 0 unspecified atom stereocenters. The van der Waals surface area contributed by atoms with E-state index >= 15 is 0 Å². The van der Waals surface area contributed by atoms with Crippen LogP contribution in [0.1, 0.15) is 25.0 Å². The lowest BCUT2D eigenvalue weighted by atomic mass is 10.1. The molecule has 0 saturated heterocycles. The summed E-state index contributed by atoms with van der Waals surface area (Å²) in [6.45, 7) is 8.24. The van der Waals surface area contributed by atoms with Crippen LogP contribution in [-0.4, -0.2) is 7.05 Å². The molecule has 0 aliphatic rings. The fourth-order valence-corrected chi connectivity index (χ4v) is 0.663. The van der Waals surface area contributed by atoms with Crippen LogP contribution in [0.15, 0.2) is 36.4 Å². The van der Waals surface area contributed by atoms with Crippen molar-refractivity contribution >= 4 is 0 Å². The summed E-state index contributed by atoms with van der Waals surface area (Å²) in [4.78, 5) is 0. The van der Waals surface area contributed by atoms with E-state index in [1.165, 1.54) is 18.2 Å². The first-order valence-corrected chi connectivity index (χ1v) is 4.89. The number of rotatable bonds is 0. The van der Waals surface area contributed by atoms with Gasteiger partial charge >= 0.3 is 0 Å². The summed E-state index contributed by atoms with van der Waals surface area (Å²) in [6.07, 6.45) is 4.00. The van der Waals surface area contributed by atoms with Crippen molar-refractivity contribution in [3.05, 3.63) is 47.5 Å². The summed E-state index contributed by atoms with van der Waals surface area (Å²) in [5.74, 6) is 0. The maximum Gasteiger partial charge on any atom is -0.0195 e. The fourth-order valence-electron chi connectivity index (χ4n) is 0.663. The van der Waals surface area contributed by atoms with E-state index in [0.717, 1.165) is 0 Å². The highest BCUT2D eigenvalue weighted by atomic mass is 14.4. The lowest BCUT2D eigenvalue weighted by Gasteiger charge is -1.93. The molecular formula is C13H23N. The fraction of sp³-hybridized carbons (Fsp3) is 0.385. The molecule has 0 aliphatic carbocycles. The van der Waals surface area contributed by atoms with Crippen molar-refractivity contribution in [2.75, 3.05) is 7.05 Å². The summed E-state index contributed by atoms with van der Waals surface area (Å²) in [5, 5.41) is 0. The molecule has 1 aromatic carbocycles. The van der Waals surface area contributed by atoms with Crippen molar-refractivity contribution in [3.8, 4) is 0 Å². The second-order valence-corrected chi connectivity index (χ2v) is 2.75. The van der Waals surface area contributed by atoms with Crippen LogP contribution in [0.4, 0.5) is 0 Å². The third-order valence-electron chi connectivity index (χ3n) is 1.76. The molecule has 2 N–H and O–H groups in total. The van der Waals surface area contributed by atoms with Crippen LogP contribution in [0, 0.1) is 13.8 Å². The molecule has 1 heteroatoms. The van der Waals surface area contributed by atoms with Crippen LogP contribution >= 0.6 is 0 Å². The number of aryl methyl sites for hydroxylation is 2. The summed E-state index contributed by atoms with van der Waals surface area (Å²) < 4.78 is 0. The SMILES string of the molecule is C/C=C\C.CN.Cc1ccccc1C. The van der Waals surface area contributed by atoms with Crippen LogP contribution in [0.2, 0.25) is 0 Å². The van der Waals surface area contributed by atoms with Gasteiger partial charge in [0.2, 0.25) is 0 Å². The van der Waals surface area contributed by atoms with E-state index < -0.39 is 0 Å². The molecule has 0 saturated carbocycles. The van der Waals surface area contributed by atoms with Crippen molar-refractivity contribution in [1.29, 1.82) is 0 Å². The zero-order chi connectivity index (χ0) is 11.4. The van der Waals surface area contributed by atoms with Gasteiger partial charge in [-0.3, -0.25) is 0 Å². The Balaban J connectivity index is 0. The van der Waals surface area contributed by atoms with Gasteiger partial charge in [0.15, 0.2) is 0 Å². The second kappa shape index (κ2) is 11.9. The molecule has 0 spiro atoms. The minimum absolute atomic E-state index is 1.37. The zero-order valence-electron chi connectivity index (χ0n) is 10.0. The second-order valence-electron chi connectivity index (χ2n) is 2.75. The first kappa shape index (κ1) is 15.4. The summed E-state index contributed by atoms with van der Waals surface area (Å²) in [5.41, 5.74) is 7.24.